The van der Waals surface area contributed by atoms with E-state index >= 15 is 0 Å². The van der Waals surface area contributed by atoms with Crippen LogP contribution in [-0.4, -0.2) is 20.8 Å². The summed E-state index contributed by atoms with van der Waals surface area (Å²) in [5.74, 6) is 1.42. The lowest BCUT2D eigenvalue weighted by Gasteiger charge is -2.33. The molecular formula is C22H24Cl2N4O2. The third kappa shape index (κ3) is 4.25. The van der Waals surface area contributed by atoms with Gasteiger partial charge in [-0.15, -0.1) is 0 Å². The van der Waals surface area contributed by atoms with Crippen LogP contribution >= 0.6 is 23.2 Å². The molecule has 1 N–H and O–H groups in total. The van der Waals surface area contributed by atoms with Crippen molar-refractivity contribution in [2.75, 3.05) is 5.32 Å². The number of carbonyl (C=O) groups excluding carboxylic acids is 1. The fraction of sp³-hybridized carbons (Fsp3) is 0.409. The average Bonchev–Trinajstić information content (AvgIpc) is 3.30. The van der Waals surface area contributed by atoms with Crippen LogP contribution in [0, 0.1) is 11.3 Å². The molecule has 2 aromatic heterocycles. The smallest absolute Gasteiger partial charge is 0.279 e. The maximum absolute atomic E-state index is 12.9. The van der Waals surface area contributed by atoms with E-state index in [9.17, 15) is 4.79 Å². The van der Waals surface area contributed by atoms with E-state index in [1.165, 1.54) is 0 Å². The lowest BCUT2D eigenvalue weighted by atomic mass is 9.71. The highest BCUT2D eigenvalue weighted by Gasteiger charge is 2.34. The van der Waals surface area contributed by atoms with Gasteiger partial charge in [0.15, 0.2) is 11.5 Å². The number of nitrogens with one attached hydrogen (secondary N) is 1. The Morgan fingerprint density at radius 1 is 1.27 bits per heavy atom. The van der Waals surface area contributed by atoms with Gasteiger partial charge in [-0.2, -0.15) is 5.10 Å². The minimum absolute atomic E-state index is 0.168. The van der Waals surface area contributed by atoms with Crippen LogP contribution in [-0.2, 0) is 19.4 Å². The summed E-state index contributed by atoms with van der Waals surface area (Å²) in [6, 6.07) is 7.10. The van der Waals surface area contributed by atoms with Gasteiger partial charge in [-0.3, -0.25) is 9.48 Å². The molecule has 0 fully saturated rings. The molecule has 1 unspecified atom stereocenters. The molecule has 4 rings (SSSR count). The standard InChI is InChI=1S/C22H24Cl2N4O2/c1-22(2,3)13-7-8-18-14(11-13)20(27-30-18)21(29)25-19-9-10-28(26-19)12-15-16(23)5-4-6-17(15)24/h4-6,9-10,13H,7-8,11-12H2,1-3H3,(H,25,26,29). The first-order chi connectivity index (χ1) is 14.2. The number of fused-ring (bicyclic) bond motifs is 1. The van der Waals surface area contributed by atoms with Gasteiger partial charge >= 0.3 is 0 Å². The summed E-state index contributed by atoms with van der Waals surface area (Å²) in [5, 5.41) is 12.4. The van der Waals surface area contributed by atoms with E-state index in [1.54, 1.807) is 35.1 Å². The molecule has 30 heavy (non-hydrogen) atoms. The lowest BCUT2D eigenvalue weighted by molar-refractivity contribution is 0.101. The molecule has 0 bridgehead atoms. The topological polar surface area (TPSA) is 73.0 Å². The molecule has 1 atom stereocenters. The SMILES string of the molecule is CC(C)(C)C1CCc2onc(C(=O)Nc3ccn(Cc4c(Cl)cccc4Cl)n3)c2C1. The average molecular weight is 447 g/mol. The Kier molecular flexibility index (Phi) is 5.64. The maximum atomic E-state index is 12.9. The second kappa shape index (κ2) is 8.08. The van der Waals surface area contributed by atoms with Crippen LogP contribution in [0.1, 0.15) is 54.6 Å². The van der Waals surface area contributed by atoms with Gasteiger partial charge in [0.05, 0.1) is 6.54 Å². The number of hydrogen-bond acceptors (Lipinski definition) is 4. The Labute approximate surface area is 185 Å². The van der Waals surface area contributed by atoms with E-state index in [-0.39, 0.29) is 11.3 Å². The summed E-state index contributed by atoms with van der Waals surface area (Å²) in [4.78, 5) is 12.9. The molecule has 1 aromatic carbocycles. The fourth-order valence-electron chi connectivity index (χ4n) is 3.86. The van der Waals surface area contributed by atoms with Crippen molar-refractivity contribution in [3.05, 3.63) is 63.1 Å². The van der Waals surface area contributed by atoms with Gasteiger partial charge in [0.1, 0.15) is 5.76 Å². The van der Waals surface area contributed by atoms with Crippen LogP contribution in [0.3, 0.4) is 0 Å². The Morgan fingerprint density at radius 2 is 2.00 bits per heavy atom. The van der Waals surface area contributed by atoms with Crippen LogP contribution in [0.2, 0.25) is 10.0 Å². The second-order valence-electron chi connectivity index (χ2n) is 8.79. The molecule has 3 aromatic rings. The minimum atomic E-state index is -0.310. The number of halogens is 2. The number of amides is 1. The first kappa shape index (κ1) is 20.9. The van der Waals surface area contributed by atoms with Crippen molar-refractivity contribution in [2.24, 2.45) is 11.3 Å². The molecule has 6 nitrogen and oxygen atoms in total. The number of hydrogen-bond donors (Lipinski definition) is 1. The lowest BCUT2D eigenvalue weighted by Crippen LogP contribution is -2.27. The van der Waals surface area contributed by atoms with Gasteiger partial charge in [-0.25, -0.2) is 0 Å². The zero-order valence-corrected chi connectivity index (χ0v) is 18.7. The van der Waals surface area contributed by atoms with Crippen LogP contribution in [0.15, 0.2) is 35.0 Å². The molecule has 0 radical (unpaired) electrons. The van der Waals surface area contributed by atoms with Crippen molar-refractivity contribution in [3.63, 3.8) is 0 Å². The molecule has 2 heterocycles. The van der Waals surface area contributed by atoms with Crippen LogP contribution < -0.4 is 5.32 Å². The highest BCUT2D eigenvalue weighted by atomic mass is 35.5. The predicted octanol–water partition coefficient (Wildman–Crippen LogP) is 5.63. The monoisotopic (exact) mass is 446 g/mol. The van der Waals surface area contributed by atoms with Crippen molar-refractivity contribution in [2.45, 2.75) is 46.6 Å². The number of aryl methyl sites for hydroxylation is 1. The van der Waals surface area contributed by atoms with Gasteiger partial charge in [-0.05, 0) is 36.3 Å². The zero-order chi connectivity index (χ0) is 21.5. The third-order valence-corrected chi connectivity index (χ3v) is 6.45. The van der Waals surface area contributed by atoms with Crippen LogP contribution in [0.25, 0.3) is 0 Å². The molecular weight excluding hydrogens is 423 g/mol. The van der Waals surface area contributed by atoms with Gasteiger partial charge in [-0.1, -0.05) is 55.2 Å². The molecule has 1 aliphatic carbocycles. The van der Waals surface area contributed by atoms with E-state index in [0.29, 0.717) is 34.0 Å². The van der Waals surface area contributed by atoms with Gasteiger partial charge in [0.2, 0.25) is 0 Å². The van der Waals surface area contributed by atoms with E-state index in [2.05, 4.69) is 36.3 Å². The number of carbonyl (C=O) groups is 1. The van der Waals surface area contributed by atoms with Crippen molar-refractivity contribution in [3.8, 4) is 0 Å². The van der Waals surface area contributed by atoms with Crippen LogP contribution in [0.5, 0.6) is 0 Å². The van der Waals surface area contributed by atoms with Crippen LogP contribution in [0.4, 0.5) is 5.82 Å². The Bertz CT molecular complexity index is 1060. The molecule has 0 saturated carbocycles. The largest absolute Gasteiger partial charge is 0.360 e. The quantitative estimate of drug-likeness (QED) is 0.563. The summed E-state index contributed by atoms with van der Waals surface area (Å²) in [6.45, 7) is 7.09. The Morgan fingerprint density at radius 3 is 2.70 bits per heavy atom. The zero-order valence-electron chi connectivity index (χ0n) is 17.2. The summed E-state index contributed by atoms with van der Waals surface area (Å²) in [5.41, 5.74) is 2.21. The van der Waals surface area contributed by atoms with Gasteiger partial charge < -0.3 is 9.84 Å². The number of aromatic nitrogens is 3. The molecule has 0 spiro atoms. The van der Waals surface area contributed by atoms with E-state index < -0.39 is 0 Å². The maximum Gasteiger partial charge on any atom is 0.279 e. The molecule has 8 heteroatoms. The first-order valence-corrected chi connectivity index (χ1v) is 10.7. The number of nitrogens with zero attached hydrogens (tertiary/aromatic N) is 3. The third-order valence-electron chi connectivity index (χ3n) is 5.74. The Balaban J connectivity index is 1.48. The fourth-order valence-corrected chi connectivity index (χ4v) is 4.38. The predicted molar refractivity (Wildman–Crippen MR) is 117 cm³/mol. The summed E-state index contributed by atoms with van der Waals surface area (Å²) in [6.07, 6.45) is 4.42. The molecule has 1 aliphatic rings. The van der Waals surface area contributed by atoms with Crippen molar-refractivity contribution in [1.82, 2.24) is 14.9 Å². The summed E-state index contributed by atoms with van der Waals surface area (Å²) in [7, 11) is 0. The molecule has 158 valence electrons. The summed E-state index contributed by atoms with van der Waals surface area (Å²) >= 11 is 12.5. The van der Waals surface area contributed by atoms with E-state index in [0.717, 1.165) is 36.1 Å². The van der Waals surface area contributed by atoms with Crippen molar-refractivity contribution < 1.29 is 9.32 Å². The summed E-state index contributed by atoms with van der Waals surface area (Å²) < 4.78 is 7.13. The first-order valence-electron chi connectivity index (χ1n) is 9.97. The minimum Gasteiger partial charge on any atom is -0.360 e. The molecule has 1 amide bonds. The second-order valence-corrected chi connectivity index (χ2v) is 9.61. The highest BCUT2D eigenvalue weighted by molar-refractivity contribution is 6.35. The number of benzene rings is 1. The Hall–Kier alpha value is -2.31. The van der Waals surface area contributed by atoms with E-state index in [1.807, 2.05) is 0 Å². The van der Waals surface area contributed by atoms with Crippen molar-refractivity contribution >= 4 is 34.9 Å². The number of anilines is 1. The van der Waals surface area contributed by atoms with Gasteiger partial charge in [0, 0.05) is 39.9 Å². The highest BCUT2D eigenvalue weighted by Crippen LogP contribution is 2.38. The van der Waals surface area contributed by atoms with E-state index in [4.69, 9.17) is 27.7 Å². The van der Waals surface area contributed by atoms with Gasteiger partial charge in [0.25, 0.3) is 5.91 Å². The molecule has 0 aliphatic heterocycles. The number of rotatable bonds is 4. The normalized spacial score (nSPS) is 16.4. The van der Waals surface area contributed by atoms with Crippen molar-refractivity contribution in [1.29, 1.82) is 0 Å². The molecule has 0 saturated heterocycles.